The molecular weight excluding hydrogens is 227 g/mol. The van der Waals surface area contributed by atoms with E-state index in [1.54, 1.807) is 0 Å². The highest BCUT2D eigenvalue weighted by Crippen LogP contribution is 2.23. The van der Waals surface area contributed by atoms with Gasteiger partial charge in [-0.3, -0.25) is 0 Å². The summed E-state index contributed by atoms with van der Waals surface area (Å²) in [6.45, 7) is 1.43. The summed E-state index contributed by atoms with van der Waals surface area (Å²) in [5, 5.41) is 0. The first-order valence-corrected chi connectivity index (χ1v) is 4.14. The van der Waals surface area contributed by atoms with Crippen LogP contribution in [0.2, 0.25) is 0 Å². The number of carbonyl (C=O) groups is 1. The van der Waals surface area contributed by atoms with Crippen molar-refractivity contribution in [1.82, 2.24) is 4.98 Å². The molecule has 0 fully saturated rings. The lowest BCUT2D eigenvalue weighted by Crippen LogP contribution is -2.18. The van der Waals surface area contributed by atoms with Crippen molar-refractivity contribution in [2.75, 3.05) is 7.11 Å². The molecule has 0 aliphatic heterocycles. The summed E-state index contributed by atoms with van der Waals surface area (Å²) in [6, 6.07) is 1.06. The standard InChI is InChI=1S/C9H8F3NO3/c1-5-3-6(16-9(10,11)12)4-13-7(5)8(14)15-2/h3-4H,1-2H3. The summed E-state index contributed by atoms with van der Waals surface area (Å²) in [7, 11) is 1.16. The van der Waals surface area contributed by atoms with E-state index in [0.29, 0.717) is 0 Å². The zero-order valence-electron chi connectivity index (χ0n) is 8.46. The first-order chi connectivity index (χ1) is 7.33. The Hall–Kier alpha value is -1.79. The molecule has 0 N–H and O–H groups in total. The van der Waals surface area contributed by atoms with E-state index >= 15 is 0 Å². The smallest absolute Gasteiger partial charge is 0.464 e. The molecule has 1 rings (SSSR count). The molecule has 0 spiro atoms. The Kier molecular flexibility index (Phi) is 3.36. The van der Waals surface area contributed by atoms with Crippen LogP contribution in [0.5, 0.6) is 5.75 Å². The Bertz CT molecular complexity index is 403. The SMILES string of the molecule is COC(=O)c1ncc(OC(F)(F)F)cc1C. The third kappa shape index (κ3) is 3.11. The molecule has 0 aliphatic carbocycles. The largest absolute Gasteiger partial charge is 0.573 e. The van der Waals surface area contributed by atoms with Crippen molar-refractivity contribution in [3.05, 3.63) is 23.5 Å². The molecule has 0 atom stereocenters. The van der Waals surface area contributed by atoms with Crippen molar-refractivity contribution < 1.29 is 27.4 Å². The van der Waals surface area contributed by atoms with Crippen LogP contribution in [0.3, 0.4) is 0 Å². The number of aryl methyl sites for hydroxylation is 1. The summed E-state index contributed by atoms with van der Waals surface area (Å²) in [6.07, 6.45) is -3.96. The van der Waals surface area contributed by atoms with Gasteiger partial charge < -0.3 is 9.47 Å². The van der Waals surface area contributed by atoms with Gasteiger partial charge in [-0.05, 0) is 18.6 Å². The van der Waals surface area contributed by atoms with Gasteiger partial charge in [-0.25, -0.2) is 9.78 Å². The Labute approximate surface area is 89.0 Å². The Balaban J connectivity index is 2.96. The molecule has 0 amide bonds. The topological polar surface area (TPSA) is 48.4 Å². The Morgan fingerprint density at radius 1 is 1.44 bits per heavy atom. The summed E-state index contributed by atoms with van der Waals surface area (Å²) in [4.78, 5) is 14.6. The van der Waals surface area contributed by atoms with E-state index in [-0.39, 0.29) is 11.3 Å². The van der Waals surface area contributed by atoms with Gasteiger partial charge in [-0.15, -0.1) is 13.2 Å². The van der Waals surface area contributed by atoms with Gasteiger partial charge >= 0.3 is 12.3 Å². The molecular formula is C9H8F3NO3. The maximum atomic E-state index is 11.9. The minimum absolute atomic E-state index is 0.0444. The monoisotopic (exact) mass is 235 g/mol. The Morgan fingerprint density at radius 3 is 2.50 bits per heavy atom. The van der Waals surface area contributed by atoms with E-state index in [4.69, 9.17) is 0 Å². The van der Waals surface area contributed by atoms with E-state index in [1.807, 2.05) is 0 Å². The first-order valence-electron chi connectivity index (χ1n) is 4.14. The number of halogens is 3. The quantitative estimate of drug-likeness (QED) is 0.736. The fraction of sp³-hybridized carbons (Fsp3) is 0.333. The van der Waals surface area contributed by atoms with E-state index in [0.717, 1.165) is 19.4 Å². The zero-order chi connectivity index (χ0) is 12.3. The number of rotatable bonds is 2. The lowest BCUT2D eigenvalue weighted by molar-refractivity contribution is -0.274. The molecule has 0 aliphatic rings. The molecule has 0 aromatic carbocycles. The molecule has 1 aromatic heterocycles. The lowest BCUT2D eigenvalue weighted by atomic mass is 10.2. The number of ether oxygens (including phenoxy) is 2. The van der Waals surface area contributed by atoms with E-state index in [9.17, 15) is 18.0 Å². The van der Waals surface area contributed by atoms with Gasteiger partial charge in [0.2, 0.25) is 0 Å². The second-order valence-corrected chi connectivity index (χ2v) is 2.88. The van der Waals surface area contributed by atoms with Crippen molar-refractivity contribution in [1.29, 1.82) is 0 Å². The minimum atomic E-state index is -4.78. The minimum Gasteiger partial charge on any atom is -0.464 e. The lowest BCUT2D eigenvalue weighted by Gasteiger charge is -2.09. The average molecular weight is 235 g/mol. The van der Waals surface area contributed by atoms with Crippen LogP contribution in [0.25, 0.3) is 0 Å². The van der Waals surface area contributed by atoms with E-state index in [1.165, 1.54) is 6.92 Å². The molecule has 0 unspecified atom stereocenters. The molecule has 16 heavy (non-hydrogen) atoms. The second kappa shape index (κ2) is 4.38. The van der Waals surface area contributed by atoms with Gasteiger partial charge in [0.05, 0.1) is 13.3 Å². The van der Waals surface area contributed by atoms with Crippen LogP contribution in [0.15, 0.2) is 12.3 Å². The molecule has 0 bridgehead atoms. The van der Waals surface area contributed by atoms with Crippen molar-refractivity contribution in [2.45, 2.75) is 13.3 Å². The first kappa shape index (κ1) is 12.3. The predicted molar refractivity (Wildman–Crippen MR) is 47.0 cm³/mol. The molecule has 1 heterocycles. The van der Waals surface area contributed by atoms with Crippen molar-refractivity contribution in [3.63, 3.8) is 0 Å². The number of esters is 1. The van der Waals surface area contributed by atoms with Crippen molar-refractivity contribution in [2.24, 2.45) is 0 Å². The molecule has 0 saturated carbocycles. The summed E-state index contributed by atoms with van der Waals surface area (Å²) < 4.78 is 43.6. The fourth-order valence-electron chi connectivity index (χ4n) is 1.05. The summed E-state index contributed by atoms with van der Waals surface area (Å²) in [5.41, 5.74) is 0.200. The number of carbonyl (C=O) groups excluding carboxylic acids is 1. The highest BCUT2D eigenvalue weighted by Gasteiger charge is 2.31. The third-order valence-corrected chi connectivity index (χ3v) is 1.67. The molecule has 1 aromatic rings. The number of hydrogen-bond donors (Lipinski definition) is 0. The maximum Gasteiger partial charge on any atom is 0.573 e. The van der Waals surface area contributed by atoms with Crippen LogP contribution >= 0.6 is 0 Å². The van der Waals surface area contributed by atoms with Crippen LogP contribution in [-0.2, 0) is 4.74 Å². The molecule has 0 saturated heterocycles. The zero-order valence-corrected chi connectivity index (χ0v) is 8.46. The second-order valence-electron chi connectivity index (χ2n) is 2.88. The van der Waals surface area contributed by atoms with Gasteiger partial charge in [0.1, 0.15) is 5.75 Å². The van der Waals surface area contributed by atoms with Gasteiger partial charge in [-0.2, -0.15) is 0 Å². The van der Waals surface area contributed by atoms with Gasteiger partial charge in [0.15, 0.2) is 5.69 Å². The van der Waals surface area contributed by atoms with Gasteiger partial charge in [0.25, 0.3) is 0 Å². The fourth-order valence-corrected chi connectivity index (χ4v) is 1.05. The highest BCUT2D eigenvalue weighted by molar-refractivity contribution is 5.88. The number of pyridine rings is 1. The number of aromatic nitrogens is 1. The van der Waals surface area contributed by atoms with Crippen LogP contribution in [-0.4, -0.2) is 24.4 Å². The Morgan fingerprint density at radius 2 is 2.06 bits per heavy atom. The summed E-state index contributed by atoms with van der Waals surface area (Å²) >= 11 is 0. The number of alkyl halides is 3. The molecule has 0 radical (unpaired) electrons. The molecule has 7 heteroatoms. The van der Waals surface area contributed by atoms with Crippen LogP contribution in [0.4, 0.5) is 13.2 Å². The molecule has 88 valence electrons. The number of hydrogen-bond acceptors (Lipinski definition) is 4. The van der Waals surface area contributed by atoms with E-state index in [2.05, 4.69) is 14.5 Å². The van der Waals surface area contributed by atoms with Crippen molar-refractivity contribution >= 4 is 5.97 Å². The number of nitrogens with zero attached hydrogens (tertiary/aromatic N) is 1. The normalized spacial score (nSPS) is 11.1. The predicted octanol–water partition coefficient (Wildman–Crippen LogP) is 2.08. The number of methoxy groups -OCH3 is 1. The molecule has 4 nitrogen and oxygen atoms in total. The highest BCUT2D eigenvalue weighted by atomic mass is 19.4. The maximum absolute atomic E-state index is 11.9. The average Bonchev–Trinajstić information content (AvgIpc) is 2.14. The van der Waals surface area contributed by atoms with E-state index < -0.39 is 18.1 Å². The van der Waals surface area contributed by atoms with Gasteiger partial charge in [-0.1, -0.05) is 0 Å². The third-order valence-electron chi connectivity index (χ3n) is 1.67. The van der Waals surface area contributed by atoms with Crippen LogP contribution in [0.1, 0.15) is 16.1 Å². The van der Waals surface area contributed by atoms with Crippen LogP contribution in [0, 0.1) is 6.92 Å². The summed E-state index contributed by atoms with van der Waals surface area (Å²) in [5.74, 6) is -1.19. The van der Waals surface area contributed by atoms with Gasteiger partial charge in [0, 0.05) is 0 Å². The van der Waals surface area contributed by atoms with Crippen LogP contribution < -0.4 is 4.74 Å². The van der Waals surface area contributed by atoms with Crippen molar-refractivity contribution in [3.8, 4) is 5.75 Å².